The molecule has 1 saturated heterocycles. The number of aromatic nitrogens is 2. The molecular formula is C14H23N5O. The van der Waals surface area contributed by atoms with Gasteiger partial charge < -0.3 is 20.6 Å². The highest BCUT2D eigenvalue weighted by Crippen LogP contribution is 2.39. The Hall–Kier alpha value is -1.40. The molecule has 6 nitrogen and oxygen atoms in total. The van der Waals surface area contributed by atoms with Gasteiger partial charge in [-0.2, -0.15) is 0 Å². The molecule has 0 bridgehead atoms. The highest BCUT2D eigenvalue weighted by atomic mass is 16.3. The fourth-order valence-electron chi connectivity index (χ4n) is 2.91. The Morgan fingerprint density at radius 2 is 2.15 bits per heavy atom. The first-order chi connectivity index (χ1) is 9.52. The summed E-state index contributed by atoms with van der Waals surface area (Å²) < 4.78 is 0. The quantitative estimate of drug-likeness (QED) is 0.831. The van der Waals surface area contributed by atoms with Crippen molar-refractivity contribution in [3.05, 3.63) is 11.9 Å². The standard InChI is InChI=1S/C14H23N5O/c1-18(2)7-10-5-11(20)8-19(10)13-6-12(15)16-14(17-13)9-3-4-9/h6,9-11,20H,3-5,7-8H2,1-2H3,(H2,15,16,17). The maximum Gasteiger partial charge on any atom is 0.136 e. The lowest BCUT2D eigenvalue weighted by atomic mass is 10.2. The number of aliphatic hydroxyl groups is 1. The summed E-state index contributed by atoms with van der Waals surface area (Å²) in [5, 5.41) is 9.97. The first-order valence-corrected chi connectivity index (χ1v) is 7.27. The van der Waals surface area contributed by atoms with Gasteiger partial charge in [-0.05, 0) is 33.4 Å². The fraction of sp³-hybridized carbons (Fsp3) is 0.714. The highest BCUT2D eigenvalue weighted by molar-refractivity contribution is 5.49. The predicted octanol–water partition coefficient (Wildman–Crippen LogP) is 0.437. The van der Waals surface area contributed by atoms with Crippen molar-refractivity contribution in [2.75, 3.05) is 37.8 Å². The van der Waals surface area contributed by atoms with E-state index in [2.05, 4.69) is 19.8 Å². The fourth-order valence-corrected chi connectivity index (χ4v) is 2.91. The van der Waals surface area contributed by atoms with E-state index < -0.39 is 0 Å². The molecule has 3 N–H and O–H groups in total. The van der Waals surface area contributed by atoms with Gasteiger partial charge in [-0.25, -0.2) is 9.97 Å². The topological polar surface area (TPSA) is 78.5 Å². The summed E-state index contributed by atoms with van der Waals surface area (Å²) in [5.74, 6) is 2.74. The summed E-state index contributed by atoms with van der Waals surface area (Å²) in [4.78, 5) is 13.3. The van der Waals surface area contributed by atoms with Crippen LogP contribution in [0.2, 0.25) is 0 Å². The van der Waals surface area contributed by atoms with Crippen molar-refractivity contribution in [2.45, 2.75) is 37.3 Å². The maximum atomic E-state index is 9.97. The van der Waals surface area contributed by atoms with E-state index in [0.29, 0.717) is 18.3 Å². The van der Waals surface area contributed by atoms with Crippen LogP contribution < -0.4 is 10.6 Å². The minimum Gasteiger partial charge on any atom is -0.391 e. The molecule has 6 heteroatoms. The molecule has 1 aromatic rings. The van der Waals surface area contributed by atoms with E-state index in [0.717, 1.165) is 37.4 Å². The van der Waals surface area contributed by atoms with Gasteiger partial charge in [-0.15, -0.1) is 0 Å². The Kier molecular flexibility index (Phi) is 3.52. The number of hydrogen-bond donors (Lipinski definition) is 2. The molecule has 20 heavy (non-hydrogen) atoms. The van der Waals surface area contributed by atoms with E-state index in [1.54, 1.807) is 0 Å². The van der Waals surface area contributed by atoms with Crippen molar-refractivity contribution in [1.82, 2.24) is 14.9 Å². The molecule has 0 spiro atoms. The monoisotopic (exact) mass is 277 g/mol. The number of nitrogens with two attached hydrogens (primary N) is 1. The second-order valence-corrected chi connectivity index (χ2v) is 6.24. The molecule has 1 saturated carbocycles. The van der Waals surface area contributed by atoms with Gasteiger partial charge in [0.05, 0.1) is 6.10 Å². The first kappa shape index (κ1) is 13.6. The molecule has 2 unspecified atom stereocenters. The Bertz CT molecular complexity index is 488. The number of hydrogen-bond acceptors (Lipinski definition) is 6. The van der Waals surface area contributed by atoms with Crippen LogP contribution in [0, 0.1) is 0 Å². The van der Waals surface area contributed by atoms with Crippen LogP contribution >= 0.6 is 0 Å². The number of nitrogen functional groups attached to an aromatic ring is 1. The third-order valence-corrected chi connectivity index (χ3v) is 3.95. The Balaban J connectivity index is 1.86. The molecule has 2 aliphatic rings. The van der Waals surface area contributed by atoms with Crippen LogP contribution in [0.15, 0.2) is 6.07 Å². The van der Waals surface area contributed by atoms with Gasteiger partial charge in [0.1, 0.15) is 17.5 Å². The SMILES string of the molecule is CN(C)CC1CC(O)CN1c1cc(N)nc(C2CC2)n1. The smallest absolute Gasteiger partial charge is 0.136 e. The zero-order chi connectivity index (χ0) is 14.3. The number of aliphatic hydroxyl groups excluding tert-OH is 1. The maximum absolute atomic E-state index is 9.97. The second kappa shape index (κ2) is 5.18. The molecular weight excluding hydrogens is 254 g/mol. The molecule has 2 atom stereocenters. The van der Waals surface area contributed by atoms with Crippen LogP contribution in [-0.2, 0) is 0 Å². The average molecular weight is 277 g/mol. The number of anilines is 2. The summed E-state index contributed by atoms with van der Waals surface area (Å²) in [7, 11) is 4.10. The average Bonchev–Trinajstić information content (AvgIpc) is 3.13. The molecule has 2 heterocycles. The minimum absolute atomic E-state index is 0.279. The summed E-state index contributed by atoms with van der Waals surface area (Å²) in [6.45, 7) is 1.53. The molecule has 1 aliphatic carbocycles. The summed E-state index contributed by atoms with van der Waals surface area (Å²) in [6.07, 6.45) is 2.81. The van der Waals surface area contributed by atoms with Gasteiger partial charge >= 0.3 is 0 Å². The molecule has 110 valence electrons. The summed E-state index contributed by atoms with van der Waals surface area (Å²) in [5.41, 5.74) is 5.92. The van der Waals surface area contributed by atoms with E-state index in [4.69, 9.17) is 5.73 Å². The number of β-amino-alcohol motifs (C(OH)–C–C–N with tert-alkyl or cyclic N) is 1. The second-order valence-electron chi connectivity index (χ2n) is 6.24. The van der Waals surface area contributed by atoms with Crippen molar-refractivity contribution < 1.29 is 5.11 Å². The lowest BCUT2D eigenvalue weighted by Crippen LogP contribution is -2.38. The first-order valence-electron chi connectivity index (χ1n) is 7.27. The van der Waals surface area contributed by atoms with Crippen molar-refractivity contribution in [3.8, 4) is 0 Å². The van der Waals surface area contributed by atoms with Gasteiger partial charge in [-0.1, -0.05) is 0 Å². The molecule has 0 aromatic carbocycles. The minimum atomic E-state index is -0.291. The zero-order valence-electron chi connectivity index (χ0n) is 12.2. The molecule has 2 fully saturated rings. The van der Waals surface area contributed by atoms with Crippen LogP contribution in [-0.4, -0.2) is 59.3 Å². The molecule has 0 radical (unpaired) electrons. The van der Waals surface area contributed by atoms with E-state index >= 15 is 0 Å². The van der Waals surface area contributed by atoms with Gasteiger partial charge in [0.25, 0.3) is 0 Å². The lowest BCUT2D eigenvalue weighted by molar-refractivity contribution is 0.191. The number of likely N-dealkylation sites (N-methyl/N-ethyl adjacent to an activating group) is 1. The van der Waals surface area contributed by atoms with E-state index in [-0.39, 0.29) is 12.1 Å². The Morgan fingerprint density at radius 1 is 1.40 bits per heavy atom. The zero-order valence-corrected chi connectivity index (χ0v) is 12.2. The number of rotatable bonds is 4. The van der Waals surface area contributed by atoms with E-state index in [9.17, 15) is 5.11 Å². The van der Waals surface area contributed by atoms with Crippen LogP contribution in [0.1, 0.15) is 31.0 Å². The normalized spacial score (nSPS) is 26.5. The molecule has 1 aliphatic heterocycles. The van der Waals surface area contributed by atoms with Gasteiger partial charge in [0, 0.05) is 31.1 Å². The van der Waals surface area contributed by atoms with Crippen molar-refractivity contribution >= 4 is 11.6 Å². The van der Waals surface area contributed by atoms with Crippen molar-refractivity contribution in [2.24, 2.45) is 0 Å². The van der Waals surface area contributed by atoms with Gasteiger partial charge in [-0.3, -0.25) is 0 Å². The largest absolute Gasteiger partial charge is 0.391 e. The van der Waals surface area contributed by atoms with Crippen LogP contribution in [0.25, 0.3) is 0 Å². The van der Waals surface area contributed by atoms with Crippen LogP contribution in [0.4, 0.5) is 11.6 Å². The number of nitrogens with zero attached hydrogens (tertiary/aromatic N) is 4. The molecule has 0 amide bonds. The van der Waals surface area contributed by atoms with Gasteiger partial charge in [0.2, 0.25) is 0 Å². The Labute approximate surface area is 119 Å². The van der Waals surface area contributed by atoms with Crippen LogP contribution in [0.3, 0.4) is 0 Å². The third kappa shape index (κ3) is 2.86. The van der Waals surface area contributed by atoms with Crippen molar-refractivity contribution in [1.29, 1.82) is 0 Å². The van der Waals surface area contributed by atoms with Crippen molar-refractivity contribution in [3.63, 3.8) is 0 Å². The molecule has 1 aromatic heterocycles. The lowest BCUT2D eigenvalue weighted by Gasteiger charge is -2.28. The summed E-state index contributed by atoms with van der Waals surface area (Å²) >= 11 is 0. The highest BCUT2D eigenvalue weighted by Gasteiger charge is 2.34. The third-order valence-electron chi connectivity index (χ3n) is 3.95. The van der Waals surface area contributed by atoms with Gasteiger partial charge in [0.15, 0.2) is 0 Å². The Morgan fingerprint density at radius 3 is 2.80 bits per heavy atom. The summed E-state index contributed by atoms with van der Waals surface area (Å²) in [6, 6.07) is 2.11. The molecule has 3 rings (SSSR count). The predicted molar refractivity (Wildman–Crippen MR) is 78.7 cm³/mol. The van der Waals surface area contributed by atoms with Crippen LogP contribution in [0.5, 0.6) is 0 Å². The van der Waals surface area contributed by atoms with E-state index in [1.165, 1.54) is 0 Å². The van der Waals surface area contributed by atoms with E-state index in [1.807, 2.05) is 20.2 Å².